The number of anilines is 2. The highest BCUT2D eigenvalue weighted by Gasteiger charge is 2.46. The number of benzene rings is 1. The number of hydrogen-bond acceptors (Lipinski definition) is 5. The molecular weight excluding hydrogens is 322 g/mol. The van der Waals surface area contributed by atoms with E-state index >= 15 is 0 Å². The molecule has 2 aromatic heterocycles. The zero-order valence-corrected chi connectivity index (χ0v) is 14.6. The molecule has 5 nitrogen and oxygen atoms in total. The summed E-state index contributed by atoms with van der Waals surface area (Å²) >= 11 is 0. The van der Waals surface area contributed by atoms with E-state index in [-0.39, 0.29) is 0 Å². The van der Waals surface area contributed by atoms with E-state index in [1.807, 2.05) is 24.7 Å². The van der Waals surface area contributed by atoms with Gasteiger partial charge in [-0.3, -0.25) is 9.97 Å². The molecule has 0 N–H and O–H groups in total. The first-order valence-corrected chi connectivity index (χ1v) is 9.51. The predicted molar refractivity (Wildman–Crippen MR) is 103 cm³/mol. The van der Waals surface area contributed by atoms with Gasteiger partial charge in [-0.25, -0.2) is 4.98 Å². The molecule has 0 bridgehead atoms. The fourth-order valence-electron chi connectivity index (χ4n) is 4.54. The third-order valence-corrected chi connectivity index (χ3v) is 6.19. The summed E-state index contributed by atoms with van der Waals surface area (Å²) in [6, 6.07) is 10.5. The fourth-order valence-corrected chi connectivity index (χ4v) is 4.54. The molecule has 2 saturated heterocycles. The smallest absolute Gasteiger partial charge is 0.150 e. The zero-order valence-electron chi connectivity index (χ0n) is 14.6. The Bertz CT molecular complexity index is 971. The van der Waals surface area contributed by atoms with Crippen molar-refractivity contribution in [2.45, 2.75) is 12.3 Å². The third kappa shape index (κ3) is 2.26. The van der Waals surface area contributed by atoms with E-state index in [1.54, 1.807) is 0 Å². The summed E-state index contributed by atoms with van der Waals surface area (Å²) in [7, 11) is 0. The normalized spacial score (nSPS) is 24.6. The van der Waals surface area contributed by atoms with Crippen LogP contribution in [0.15, 0.2) is 48.9 Å². The van der Waals surface area contributed by atoms with Crippen LogP contribution in [0.25, 0.3) is 10.9 Å². The Balaban J connectivity index is 1.22. The molecule has 0 spiro atoms. The molecule has 3 fully saturated rings. The maximum Gasteiger partial charge on any atom is 0.150 e. The van der Waals surface area contributed by atoms with Gasteiger partial charge in [-0.15, -0.1) is 0 Å². The Morgan fingerprint density at radius 1 is 0.846 bits per heavy atom. The molecule has 2 atom stereocenters. The van der Waals surface area contributed by atoms with Crippen LogP contribution in [0.4, 0.5) is 11.5 Å². The van der Waals surface area contributed by atoms with E-state index in [4.69, 9.17) is 4.98 Å². The minimum absolute atomic E-state index is 0.460. The largest absolute Gasteiger partial charge is 0.369 e. The van der Waals surface area contributed by atoms with Crippen molar-refractivity contribution >= 4 is 22.4 Å². The van der Waals surface area contributed by atoms with Crippen molar-refractivity contribution in [3.05, 3.63) is 54.6 Å². The predicted octanol–water partition coefficient (Wildman–Crippen LogP) is 3.08. The monoisotopic (exact) mass is 343 g/mol. The molecule has 2 unspecified atom stereocenters. The number of piperidine rings is 1. The molecule has 1 aromatic carbocycles. The maximum absolute atomic E-state index is 4.72. The lowest BCUT2D eigenvalue weighted by atomic mass is 9.94. The molecule has 2 aliphatic heterocycles. The molecule has 3 aliphatic rings. The van der Waals surface area contributed by atoms with Gasteiger partial charge in [-0.05, 0) is 30.4 Å². The summed E-state index contributed by atoms with van der Waals surface area (Å²) in [5, 5.41) is 1.20. The Labute approximate surface area is 152 Å². The highest BCUT2D eigenvalue weighted by Crippen LogP contribution is 2.47. The van der Waals surface area contributed by atoms with Gasteiger partial charge in [0.2, 0.25) is 0 Å². The van der Waals surface area contributed by atoms with Crippen LogP contribution < -0.4 is 9.80 Å². The molecule has 0 amide bonds. The molecular formula is C21H21N5. The highest BCUT2D eigenvalue weighted by molar-refractivity contribution is 5.81. The van der Waals surface area contributed by atoms with Gasteiger partial charge in [-0.1, -0.05) is 18.2 Å². The summed E-state index contributed by atoms with van der Waals surface area (Å²) in [6.07, 6.45) is 7.09. The average molecular weight is 343 g/mol. The lowest BCUT2D eigenvalue weighted by Crippen LogP contribution is -2.46. The average Bonchev–Trinajstić information content (AvgIpc) is 3.26. The second kappa shape index (κ2) is 5.40. The second-order valence-corrected chi connectivity index (χ2v) is 7.91. The lowest BCUT2D eigenvalue weighted by molar-refractivity contribution is 0.510. The van der Waals surface area contributed by atoms with Crippen LogP contribution in [0.2, 0.25) is 0 Å². The van der Waals surface area contributed by atoms with Crippen molar-refractivity contribution in [2.24, 2.45) is 11.8 Å². The van der Waals surface area contributed by atoms with E-state index in [0.29, 0.717) is 5.92 Å². The van der Waals surface area contributed by atoms with Gasteiger partial charge in [0.1, 0.15) is 0 Å². The Morgan fingerprint density at radius 2 is 1.65 bits per heavy atom. The molecule has 1 saturated carbocycles. The fraction of sp³-hybridized carbons (Fsp3) is 0.381. The van der Waals surface area contributed by atoms with Crippen LogP contribution >= 0.6 is 0 Å². The number of fused-ring (bicyclic) bond motifs is 2. The van der Waals surface area contributed by atoms with Gasteiger partial charge < -0.3 is 9.80 Å². The van der Waals surface area contributed by atoms with Gasteiger partial charge in [0.25, 0.3) is 0 Å². The Morgan fingerprint density at radius 3 is 2.54 bits per heavy atom. The summed E-state index contributed by atoms with van der Waals surface area (Å²) in [6.45, 7) is 4.32. The summed E-state index contributed by atoms with van der Waals surface area (Å²) in [5.74, 6) is 3.40. The van der Waals surface area contributed by atoms with Crippen molar-refractivity contribution in [1.29, 1.82) is 0 Å². The maximum atomic E-state index is 4.72. The van der Waals surface area contributed by atoms with Crippen molar-refractivity contribution in [3.8, 4) is 0 Å². The molecule has 6 rings (SSSR count). The van der Waals surface area contributed by atoms with Crippen LogP contribution in [0.5, 0.6) is 0 Å². The standard InChI is InChI=1S/C21H21N5/c1-2-4-19-14(3-1)8-18(9-24-19)25-12-17(13-25)20-21(23-6-5-22-20)26-10-15-7-16(15)11-26/h1-6,8-9,15-17H,7,10-13H2. The first-order chi connectivity index (χ1) is 12.8. The molecule has 1 aliphatic carbocycles. The van der Waals surface area contributed by atoms with E-state index < -0.39 is 0 Å². The van der Waals surface area contributed by atoms with Crippen molar-refractivity contribution in [1.82, 2.24) is 15.0 Å². The van der Waals surface area contributed by atoms with E-state index in [0.717, 1.165) is 36.3 Å². The van der Waals surface area contributed by atoms with E-state index in [2.05, 4.69) is 44.0 Å². The highest BCUT2D eigenvalue weighted by atomic mass is 15.3. The number of pyridine rings is 1. The molecule has 130 valence electrons. The number of rotatable bonds is 3. The summed E-state index contributed by atoms with van der Waals surface area (Å²) in [4.78, 5) is 18.9. The molecule has 3 aromatic rings. The summed E-state index contributed by atoms with van der Waals surface area (Å²) in [5.41, 5.74) is 3.43. The van der Waals surface area contributed by atoms with Crippen molar-refractivity contribution in [3.63, 3.8) is 0 Å². The quantitative estimate of drug-likeness (QED) is 0.731. The number of hydrogen-bond donors (Lipinski definition) is 0. The number of para-hydroxylation sites is 1. The SMILES string of the molecule is c1ccc2ncc(N3CC(c4nccnc4N4CC5CC5C4)C3)cc2c1. The topological polar surface area (TPSA) is 45.2 Å². The van der Waals surface area contributed by atoms with Gasteiger partial charge in [0.05, 0.1) is 23.1 Å². The summed E-state index contributed by atoms with van der Waals surface area (Å²) < 4.78 is 0. The van der Waals surface area contributed by atoms with Gasteiger partial charge >= 0.3 is 0 Å². The third-order valence-electron chi connectivity index (χ3n) is 6.19. The van der Waals surface area contributed by atoms with Crippen LogP contribution in [0, 0.1) is 11.8 Å². The first-order valence-electron chi connectivity index (χ1n) is 9.51. The van der Waals surface area contributed by atoms with E-state index in [9.17, 15) is 0 Å². The van der Waals surface area contributed by atoms with Gasteiger partial charge in [0, 0.05) is 49.9 Å². The molecule has 4 heterocycles. The second-order valence-electron chi connectivity index (χ2n) is 7.91. The van der Waals surface area contributed by atoms with Gasteiger partial charge in [0.15, 0.2) is 5.82 Å². The first kappa shape index (κ1) is 14.5. The molecule has 0 radical (unpaired) electrons. The van der Waals surface area contributed by atoms with Crippen molar-refractivity contribution in [2.75, 3.05) is 36.0 Å². The molecule has 26 heavy (non-hydrogen) atoms. The lowest BCUT2D eigenvalue weighted by Gasteiger charge is -2.41. The minimum atomic E-state index is 0.460. The zero-order chi connectivity index (χ0) is 17.1. The van der Waals surface area contributed by atoms with Crippen LogP contribution in [-0.2, 0) is 0 Å². The number of aromatic nitrogens is 3. The molecule has 5 heteroatoms. The van der Waals surface area contributed by atoms with Crippen LogP contribution in [0.1, 0.15) is 18.0 Å². The minimum Gasteiger partial charge on any atom is -0.369 e. The van der Waals surface area contributed by atoms with Gasteiger partial charge in [-0.2, -0.15) is 0 Å². The Hall–Kier alpha value is -2.69. The van der Waals surface area contributed by atoms with Crippen LogP contribution in [0.3, 0.4) is 0 Å². The van der Waals surface area contributed by atoms with E-state index in [1.165, 1.54) is 36.3 Å². The Kier molecular flexibility index (Phi) is 3.01. The van der Waals surface area contributed by atoms with Crippen LogP contribution in [-0.4, -0.2) is 41.1 Å². The number of nitrogens with zero attached hydrogens (tertiary/aromatic N) is 5. The van der Waals surface area contributed by atoms with Crippen molar-refractivity contribution < 1.29 is 0 Å².